The summed E-state index contributed by atoms with van der Waals surface area (Å²) in [6, 6.07) is 5.77. The Hall–Kier alpha value is -1.06. The third kappa shape index (κ3) is 4.21. The van der Waals surface area contributed by atoms with Crippen molar-refractivity contribution in [1.29, 1.82) is 0 Å². The van der Waals surface area contributed by atoms with E-state index < -0.39 is 0 Å². The first-order valence-corrected chi connectivity index (χ1v) is 5.87. The number of hydrogen-bond donors (Lipinski definition) is 3. The van der Waals surface area contributed by atoms with Crippen molar-refractivity contribution in [2.45, 2.75) is 32.7 Å². The molecule has 16 heavy (non-hydrogen) atoms. The van der Waals surface area contributed by atoms with Gasteiger partial charge in [-0.3, -0.25) is 0 Å². The second-order valence-corrected chi connectivity index (χ2v) is 4.41. The highest BCUT2D eigenvalue weighted by Gasteiger charge is 2.03. The fourth-order valence-corrected chi connectivity index (χ4v) is 1.59. The summed E-state index contributed by atoms with van der Waals surface area (Å²) in [7, 11) is 0. The van der Waals surface area contributed by atoms with Crippen molar-refractivity contribution in [1.82, 2.24) is 5.32 Å². The molecule has 3 heteroatoms. The molecule has 1 aromatic carbocycles. The van der Waals surface area contributed by atoms with Crippen molar-refractivity contribution in [3.63, 3.8) is 0 Å². The lowest BCUT2D eigenvalue weighted by molar-refractivity contribution is 0.472. The number of aromatic hydroxyl groups is 1. The molecule has 1 rings (SSSR count). The maximum absolute atomic E-state index is 9.60. The van der Waals surface area contributed by atoms with E-state index in [2.05, 4.69) is 25.2 Å². The molecule has 0 bridgehead atoms. The van der Waals surface area contributed by atoms with Crippen molar-refractivity contribution in [3.8, 4) is 5.75 Å². The topological polar surface area (TPSA) is 58.3 Å². The Labute approximate surface area is 97.7 Å². The molecule has 0 spiro atoms. The lowest BCUT2D eigenvalue weighted by Crippen LogP contribution is -2.17. The van der Waals surface area contributed by atoms with Crippen LogP contribution in [0.4, 0.5) is 0 Å². The summed E-state index contributed by atoms with van der Waals surface area (Å²) in [5, 5.41) is 12.9. The normalized spacial score (nSPS) is 11.0. The molecule has 1 aromatic rings. The molecule has 90 valence electrons. The van der Waals surface area contributed by atoms with Crippen LogP contribution in [0.25, 0.3) is 0 Å². The minimum Gasteiger partial charge on any atom is -0.508 e. The summed E-state index contributed by atoms with van der Waals surface area (Å²) < 4.78 is 0. The van der Waals surface area contributed by atoms with Gasteiger partial charge in [-0.1, -0.05) is 19.9 Å². The molecule has 0 radical (unpaired) electrons. The van der Waals surface area contributed by atoms with Crippen LogP contribution in [0, 0.1) is 0 Å². The zero-order chi connectivity index (χ0) is 12.0. The Kier molecular flexibility index (Phi) is 5.29. The van der Waals surface area contributed by atoms with E-state index in [4.69, 9.17) is 5.73 Å². The van der Waals surface area contributed by atoms with E-state index >= 15 is 0 Å². The van der Waals surface area contributed by atoms with Gasteiger partial charge in [0.05, 0.1) is 0 Å². The maximum atomic E-state index is 9.60. The van der Waals surface area contributed by atoms with Crippen molar-refractivity contribution in [2.24, 2.45) is 5.73 Å². The maximum Gasteiger partial charge on any atom is 0.116 e. The highest BCUT2D eigenvalue weighted by atomic mass is 16.3. The Bertz CT molecular complexity index is 324. The largest absolute Gasteiger partial charge is 0.508 e. The second-order valence-electron chi connectivity index (χ2n) is 4.41. The predicted octanol–water partition coefficient (Wildman–Crippen LogP) is 1.95. The Morgan fingerprint density at radius 1 is 1.31 bits per heavy atom. The molecule has 0 saturated carbocycles. The first-order chi connectivity index (χ1) is 7.63. The minimum absolute atomic E-state index is 0.349. The lowest BCUT2D eigenvalue weighted by Gasteiger charge is -2.10. The third-order valence-electron chi connectivity index (χ3n) is 2.55. The average Bonchev–Trinajstić information content (AvgIpc) is 2.23. The zero-order valence-electron chi connectivity index (χ0n) is 10.2. The van der Waals surface area contributed by atoms with Crippen molar-refractivity contribution in [3.05, 3.63) is 29.3 Å². The molecule has 0 heterocycles. The van der Waals surface area contributed by atoms with E-state index in [1.165, 1.54) is 5.56 Å². The number of phenolic OH excluding ortho intramolecular Hbond substituents is 1. The molecule has 0 atom stereocenters. The van der Waals surface area contributed by atoms with Gasteiger partial charge in [-0.25, -0.2) is 0 Å². The first-order valence-electron chi connectivity index (χ1n) is 5.87. The molecule has 0 aliphatic rings. The Balaban J connectivity index is 2.58. The standard InChI is InChI=1S/C13H22N2O/c1-10(2)12-6-11(7-13(16)8-12)9-15-5-3-4-14/h6-8,10,15-16H,3-5,9,14H2,1-2H3. The minimum atomic E-state index is 0.349. The molecular weight excluding hydrogens is 200 g/mol. The number of hydrogen-bond acceptors (Lipinski definition) is 3. The summed E-state index contributed by atoms with van der Waals surface area (Å²) in [5.41, 5.74) is 7.72. The van der Waals surface area contributed by atoms with Gasteiger partial charge in [-0.05, 0) is 48.7 Å². The fraction of sp³-hybridized carbons (Fsp3) is 0.538. The van der Waals surface area contributed by atoms with Crippen LogP contribution in [0.3, 0.4) is 0 Å². The molecule has 3 nitrogen and oxygen atoms in total. The van der Waals surface area contributed by atoms with Gasteiger partial charge >= 0.3 is 0 Å². The van der Waals surface area contributed by atoms with Gasteiger partial charge in [-0.15, -0.1) is 0 Å². The monoisotopic (exact) mass is 222 g/mol. The summed E-state index contributed by atoms with van der Waals surface area (Å²) in [6.45, 7) is 6.67. The summed E-state index contributed by atoms with van der Waals surface area (Å²) in [4.78, 5) is 0. The van der Waals surface area contributed by atoms with E-state index in [0.29, 0.717) is 18.2 Å². The van der Waals surface area contributed by atoms with Crippen LogP contribution >= 0.6 is 0 Å². The molecule has 0 aliphatic carbocycles. The Morgan fingerprint density at radius 3 is 2.69 bits per heavy atom. The number of benzene rings is 1. The highest BCUT2D eigenvalue weighted by Crippen LogP contribution is 2.21. The summed E-state index contributed by atoms with van der Waals surface area (Å²) >= 11 is 0. The van der Waals surface area contributed by atoms with Gasteiger partial charge in [0.1, 0.15) is 5.75 Å². The number of rotatable bonds is 6. The van der Waals surface area contributed by atoms with Crippen LogP contribution in [0.2, 0.25) is 0 Å². The number of nitrogens with one attached hydrogen (secondary N) is 1. The van der Waals surface area contributed by atoms with Crippen molar-refractivity contribution in [2.75, 3.05) is 13.1 Å². The second kappa shape index (κ2) is 6.51. The molecule has 0 saturated heterocycles. The quantitative estimate of drug-likeness (QED) is 0.645. The van der Waals surface area contributed by atoms with Gasteiger partial charge in [-0.2, -0.15) is 0 Å². The van der Waals surface area contributed by atoms with E-state index in [1.54, 1.807) is 6.07 Å². The molecule has 0 unspecified atom stereocenters. The van der Waals surface area contributed by atoms with Crippen LogP contribution in [0.15, 0.2) is 18.2 Å². The van der Waals surface area contributed by atoms with E-state index in [9.17, 15) is 5.11 Å². The van der Waals surface area contributed by atoms with Crippen molar-refractivity contribution < 1.29 is 5.11 Å². The van der Waals surface area contributed by atoms with E-state index in [0.717, 1.165) is 25.1 Å². The third-order valence-corrected chi connectivity index (χ3v) is 2.55. The predicted molar refractivity (Wildman–Crippen MR) is 67.6 cm³/mol. The molecule has 0 fully saturated rings. The van der Waals surface area contributed by atoms with Gasteiger partial charge in [0, 0.05) is 6.54 Å². The SMILES string of the molecule is CC(C)c1cc(O)cc(CNCCCN)c1. The smallest absolute Gasteiger partial charge is 0.116 e. The molecule has 0 aromatic heterocycles. The van der Waals surface area contributed by atoms with Crippen molar-refractivity contribution >= 4 is 0 Å². The van der Waals surface area contributed by atoms with Crippen LogP contribution in [0.5, 0.6) is 5.75 Å². The fourth-order valence-electron chi connectivity index (χ4n) is 1.59. The van der Waals surface area contributed by atoms with Crippen LogP contribution in [-0.2, 0) is 6.54 Å². The molecule has 0 aliphatic heterocycles. The van der Waals surface area contributed by atoms with E-state index in [1.807, 2.05) is 6.07 Å². The first kappa shape index (κ1) is 13.0. The number of phenols is 1. The van der Waals surface area contributed by atoms with E-state index in [-0.39, 0.29) is 0 Å². The molecular formula is C13H22N2O. The zero-order valence-corrected chi connectivity index (χ0v) is 10.2. The van der Waals surface area contributed by atoms with Crippen LogP contribution in [0.1, 0.15) is 37.3 Å². The highest BCUT2D eigenvalue weighted by molar-refractivity contribution is 5.35. The van der Waals surface area contributed by atoms with Gasteiger partial charge in [0.15, 0.2) is 0 Å². The van der Waals surface area contributed by atoms with Crippen LogP contribution in [-0.4, -0.2) is 18.2 Å². The van der Waals surface area contributed by atoms with Gasteiger partial charge in [0.25, 0.3) is 0 Å². The lowest BCUT2D eigenvalue weighted by atomic mass is 10.0. The summed E-state index contributed by atoms with van der Waals surface area (Å²) in [5.74, 6) is 0.789. The number of nitrogens with two attached hydrogens (primary N) is 1. The van der Waals surface area contributed by atoms with Gasteiger partial charge in [0.2, 0.25) is 0 Å². The molecule has 4 N–H and O–H groups in total. The van der Waals surface area contributed by atoms with Crippen LogP contribution < -0.4 is 11.1 Å². The summed E-state index contributed by atoms with van der Waals surface area (Å²) in [6.07, 6.45) is 0.982. The Morgan fingerprint density at radius 2 is 2.06 bits per heavy atom. The average molecular weight is 222 g/mol. The van der Waals surface area contributed by atoms with Gasteiger partial charge < -0.3 is 16.2 Å². The molecule has 0 amide bonds.